The molecule has 0 heterocycles. The number of benzene rings is 1. The van der Waals surface area contributed by atoms with Crippen LogP contribution in [0.1, 0.15) is 64.4 Å². The first-order valence-corrected chi connectivity index (χ1v) is 9.77. The summed E-state index contributed by atoms with van der Waals surface area (Å²) in [4.78, 5) is 11.9. The highest BCUT2D eigenvalue weighted by Gasteiger charge is 2.19. The Balaban J connectivity index is 2.59. The van der Waals surface area contributed by atoms with Crippen molar-refractivity contribution in [3.8, 4) is 5.75 Å². The van der Waals surface area contributed by atoms with Gasteiger partial charge in [-0.05, 0) is 37.5 Å². The normalized spacial score (nSPS) is 12.7. The molecule has 0 amide bonds. The van der Waals surface area contributed by atoms with Crippen LogP contribution in [0.15, 0.2) is 35.9 Å². The molecule has 4 heteroatoms. The van der Waals surface area contributed by atoms with E-state index in [-0.39, 0.29) is 6.61 Å². The number of methoxy groups -OCH3 is 1. The van der Waals surface area contributed by atoms with E-state index in [9.17, 15) is 4.79 Å². The number of hydrogen-bond donors (Lipinski definition) is 1. The summed E-state index contributed by atoms with van der Waals surface area (Å²) in [6.45, 7) is 3.81. The molecule has 0 spiro atoms. The lowest BCUT2D eigenvalue weighted by molar-refractivity contribution is -0.137. The predicted molar refractivity (Wildman–Crippen MR) is 105 cm³/mol. The van der Waals surface area contributed by atoms with Crippen LogP contribution in [0.25, 0.3) is 0 Å². The third-order valence-electron chi connectivity index (χ3n) is 4.50. The lowest BCUT2D eigenvalue weighted by Crippen LogP contribution is -2.23. The van der Waals surface area contributed by atoms with Gasteiger partial charge in [0.25, 0.3) is 0 Å². The van der Waals surface area contributed by atoms with Gasteiger partial charge in [-0.15, -0.1) is 0 Å². The molecule has 4 nitrogen and oxygen atoms in total. The van der Waals surface area contributed by atoms with Crippen molar-refractivity contribution >= 4 is 5.97 Å². The van der Waals surface area contributed by atoms with E-state index in [1.54, 1.807) is 6.92 Å². The number of carbonyl (C=O) groups is 1. The smallest absolute Gasteiger partial charge is 0.337 e. The minimum Gasteiger partial charge on any atom is -0.485 e. The fourth-order valence-electron chi connectivity index (χ4n) is 2.98. The van der Waals surface area contributed by atoms with E-state index in [1.165, 1.54) is 51.7 Å². The van der Waals surface area contributed by atoms with E-state index in [0.717, 1.165) is 24.2 Å². The first-order valence-electron chi connectivity index (χ1n) is 9.77. The molecule has 1 aromatic rings. The maximum atomic E-state index is 11.9. The number of esters is 1. The summed E-state index contributed by atoms with van der Waals surface area (Å²) in [5.41, 5.74) is 1.49. The zero-order chi connectivity index (χ0) is 19.2. The summed E-state index contributed by atoms with van der Waals surface area (Å²) < 4.78 is 10.8. The fraction of sp³-hybridized carbons (Fsp3) is 0.591. The van der Waals surface area contributed by atoms with Gasteiger partial charge in [0.05, 0.1) is 19.3 Å². The summed E-state index contributed by atoms with van der Waals surface area (Å²) in [6.07, 6.45) is 10.8. The monoisotopic (exact) mass is 362 g/mol. The Bertz CT molecular complexity index is 551. The zero-order valence-corrected chi connectivity index (χ0v) is 16.5. The summed E-state index contributed by atoms with van der Waals surface area (Å²) in [7, 11) is 1.33. The van der Waals surface area contributed by atoms with Crippen LogP contribution in [-0.2, 0) is 16.0 Å². The fourth-order valence-corrected chi connectivity index (χ4v) is 2.98. The lowest BCUT2D eigenvalue weighted by atomic mass is 10.0. The Hall–Kier alpha value is -1.81. The van der Waals surface area contributed by atoms with Crippen LogP contribution in [0.2, 0.25) is 0 Å². The van der Waals surface area contributed by atoms with Gasteiger partial charge in [0.15, 0.2) is 0 Å². The Morgan fingerprint density at radius 2 is 1.77 bits per heavy atom. The van der Waals surface area contributed by atoms with Gasteiger partial charge in [-0.2, -0.15) is 0 Å². The molecule has 1 aromatic carbocycles. The minimum atomic E-state index is -0.482. The number of para-hydroxylation sites is 1. The summed E-state index contributed by atoms with van der Waals surface area (Å²) in [5, 5.41) is 9.13. The Morgan fingerprint density at radius 1 is 1.12 bits per heavy atom. The largest absolute Gasteiger partial charge is 0.485 e. The molecule has 0 aliphatic rings. The number of hydrogen-bond acceptors (Lipinski definition) is 4. The summed E-state index contributed by atoms with van der Waals surface area (Å²) >= 11 is 0. The second kappa shape index (κ2) is 13.4. The van der Waals surface area contributed by atoms with Crippen LogP contribution in [0.4, 0.5) is 0 Å². The number of ether oxygens (including phenoxy) is 2. The predicted octanol–water partition coefficient (Wildman–Crippen LogP) is 4.84. The molecule has 0 aliphatic carbocycles. The molecular weight excluding hydrogens is 328 g/mol. The van der Waals surface area contributed by atoms with Gasteiger partial charge in [-0.1, -0.05) is 63.6 Å². The molecule has 0 fully saturated rings. The van der Waals surface area contributed by atoms with E-state index in [0.29, 0.717) is 5.57 Å². The second-order valence-electron chi connectivity index (χ2n) is 6.57. The first-order chi connectivity index (χ1) is 12.6. The summed E-state index contributed by atoms with van der Waals surface area (Å²) in [5.74, 6) is 0.315. The van der Waals surface area contributed by atoms with E-state index < -0.39 is 12.1 Å². The average Bonchev–Trinajstić information content (AvgIpc) is 2.65. The molecule has 1 unspecified atom stereocenters. The van der Waals surface area contributed by atoms with Crippen LogP contribution in [0, 0.1) is 0 Å². The van der Waals surface area contributed by atoms with Crippen molar-refractivity contribution < 1.29 is 19.4 Å². The van der Waals surface area contributed by atoms with Crippen molar-refractivity contribution in [1.29, 1.82) is 0 Å². The van der Waals surface area contributed by atoms with Crippen LogP contribution in [0.5, 0.6) is 5.75 Å². The van der Waals surface area contributed by atoms with Crippen molar-refractivity contribution in [2.75, 3.05) is 13.7 Å². The van der Waals surface area contributed by atoms with Gasteiger partial charge in [0.1, 0.15) is 11.9 Å². The number of carbonyl (C=O) groups excluding carboxylic acids is 1. The number of aryl methyl sites for hydroxylation is 1. The first kappa shape index (κ1) is 22.2. The van der Waals surface area contributed by atoms with E-state index >= 15 is 0 Å². The molecule has 1 rings (SSSR count). The quantitative estimate of drug-likeness (QED) is 0.310. The van der Waals surface area contributed by atoms with Crippen molar-refractivity contribution in [1.82, 2.24) is 0 Å². The van der Waals surface area contributed by atoms with Crippen molar-refractivity contribution in [2.24, 2.45) is 0 Å². The number of rotatable bonds is 13. The number of unbranched alkanes of at least 4 members (excludes halogenated alkanes) is 6. The van der Waals surface area contributed by atoms with Gasteiger partial charge in [-0.25, -0.2) is 4.79 Å². The van der Waals surface area contributed by atoms with Crippen molar-refractivity contribution in [3.63, 3.8) is 0 Å². The Morgan fingerprint density at radius 3 is 2.42 bits per heavy atom. The molecule has 0 saturated carbocycles. The molecule has 1 N–H and O–H groups in total. The Kier molecular flexibility index (Phi) is 11.5. The van der Waals surface area contributed by atoms with Crippen molar-refractivity contribution in [2.45, 2.75) is 71.3 Å². The lowest BCUT2D eigenvalue weighted by Gasteiger charge is -2.19. The molecular formula is C22H34O4. The molecule has 0 aromatic heterocycles. The highest BCUT2D eigenvalue weighted by Crippen LogP contribution is 2.24. The molecule has 0 radical (unpaired) electrons. The van der Waals surface area contributed by atoms with E-state index in [4.69, 9.17) is 14.6 Å². The SMILES string of the molecule is CCCCCCCCCc1ccccc1OC(C)/C(=C\CO)C(=O)OC. The summed E-state index contributed by atoms with van der Waals surface area (Å²) in [6, 6.07) is 7.95. The van der Waals surface area contributed by atoms with Gasteiger partial charge in [0, 0.05) is 0 Å². The Labute approximate surface area is 158 Å². The second-order valence-corrected chi connectivity index (χ2v) is 6.57. The van der Waals surface area contributed by atoms with Gasteiger partial charge < -0.3 is 14.6 Å². The molecule has 146 valence electrons. The maximum absolute atomic E-state index is 11.9. The van der Waals surface area contributed by atoms with Gasteiger partial charge in [-0.3, -0.25) is 0 Å². The van der Waals surface area contributed by atoms with E-state index in [1.807, 2.05) is 18.2 Å². The minimum absolute atomic E-state index is 0.224. The highest BCUT2D eigenvalue weighted by atomic mass is 16.5. The van der Waals surface area contributed by atoms with Gasteiger partial charge in [0.2, 0.25) is 0 Å². The number of aliphatic hydroxyl groups excluding tert-OH is 1. The van der Waals surface area contributed by atoms with Crippen molar-refractivity contribution in [3.05, 3.63) is 41.5 Å². The highest BCUT2D eigenvalue weighted by molar-refractivity contribution is 5.89. The standard InChI is InChI=1S/C22H34O4/c1-4-5-6-7-8-9-10-13-19-14-11-12-15-21(19)26-18(2)20(16-17-23)22(24)25-3/h11-12,14-16,18,23H,4-10,13,17H2,1-3H3/b20-16+. The third kappa shape index (κ3) is 8.05. The third-order valence-corrected chi connectivity index (χ3v) is 4.50. The molecule has 0 saturated heterocycles. The molecule has 1 atom stereocenters. The molecule has 0 bridgehead atoms. The topological polar surface area (TPSA) is 55.8 Å². The number of aliphatic hydroxyl groups is 1. The maximum Gasteiger partial charge on any atom is 0.337 e. The molecule has 0 aliphatic heterocycles. The zero-order valence-electron chi connectivity index (χ0n) is 16.5. The van der Waals surface area contributed by atoms with Crippen LogP contribution in [-0.4, -0.2) is 30.9 Å². The van der Waals surface area contributed by atoms with Crippen LogP contribution in [0.3, 0.4) is 0 Å². The average molecular weight is 363 g/mol. The van der Waals surface area contributed by atoms with E-state index in [2.05, 4.69) is 13.0 Å². The van der Waals surface area contributed by atoms with Crippen LogP contribution < -0.4 is 4.74 Å². The molecule has 26 heavy (non-hydrogen) atoms. The van der Waals surface area contributed by atoms with Gasteiger partial charge >= 0.3 is 5.97 Å². The van der Waals surface area contributed by atoms with Crippen LogP contribution >= 0.6 is 0 Å².